The molecule has 0 spiro atoms. The summed E-state index contributed by atoms with van der Waals surface area (Å²) in [5.41, 5.74) is 0. The van der Waals surface area contributed by atoms with Gasteiger partial charge in [-0.15, -0.1) is 22.7 Å². The van der Waals surface area contributed by atoms with Gasteiger partial charge in [-0.3, -0.25) is 9.98 Å². The molecule has 0 unspecified atom stereocenters. The van der Waals surface area contributed by atoms with Crippen molar-refractivity contribution in [3.63, 3.8) is 0 Å². The fourth-order valence-corrected chi connectivity index (χ4v) is 3.68. The first kappa shape index (κ1) is 14.9. The summed E-state index contributed by atoms with van der Waals surface area (Å²) in [6.45, 7) is 8.42. The fraction of sp³-hybridized carbons (Fsp3) is 0.500. The van der Waals surface area contributed by atoms with Crippen LogP contribution in [0.4, 0.5) is 0 Å². The molecule has 1 aromatic heterocycles. The molecule has 6 heteroatoms. The molecule has 0 aliphatic heterocycles. The average Bonchev–Trinajstić information content (AvgIpc) is 2.30. The molecule has 100 valence electrons. The summed E-state index contributed by atoms with van der Waals surface area (Å²) in [4.78, 5) is 8.71. The molecule has 0 fully saturated rings. The van der Waals surface area contributed by atoms with E-state index in [1.165, 1.54) is 22.7 Å². The maximum absolute atomic E-state index is 9.72. The zero-order valence-electron chi connectivity index (χ0n) is 11.0. The van der Waals surface area contributed by atoms with Gasteiger partial charge in [0.15, 0.2) is 0 Å². The van der Waals surface area contributed by atoms with Gasteiger partial charge < -0.3 is 10.2 Å². The zero-order valence-corrected chi connectivity index (χ0v) is 12.7. The number of nitrogens with zero attached hydrogens (tertiary/aromatic N) is 2. The second-order valence-corrected chi connectivity index (χ2v) is 5.59. The van der Waals surface area contributed by atoms with Crippen LogP contribution in [0.2, 0.25) is 0 Å². The number of hydrogen-bond acceptors (Lipinski definition) is 6. The summed E-state index contributed by atoms with van der Waals surface area (Å²) in [6, 6.07) is 0. The van der Waals surface area contributed by atoms with Gasteiger partial charge in [-0.25, -0.2) is 0 Å². The number of hydrogen-bond donors (Lipinski definition) is 2. The summed E-state index contributed by atoms with van der Waals surface area (Å²) in [5, 5.41) is 19.4. The van der Waals surface area contributed by atoms with E-state index in [1.54, 1.807) is 13.8 Å². The highest BCUT2D eigenvalue weighted by molar-refractivity contribution is 7.14. The summed E-state index contributed by atoms with van der Waals surface area (Å²) in [6.07, 6.45) is 0. The monoisotopic (exact) mass is 286 g/mol. The van der Waals surface area contributed by atoms with Crippen molar-refractivity contribution in [2.75, 3.05) is 13.1 Å². The lowest BCUT2D eigenvalue weighted by Crippen LogP contribution is -2.35. The van der Waals surface area contributed by atoms with Gasteiger partial charge in [-0.1, -0.05) is 0 Å². The molecule has 2 N–H and O–H groups in total. The predicted octanol–water partition coefficient (Wildman–Crippen LogP) is 1.02. The van der Waals surface area contributed by atoms with Crippen molar-refractivity contribution in [1.29, 1.82) is 0 Å². The minimum atomic E-state index is 0.234. The predicted molar refractivity (Wildman–Crippen MR) is 77.1 cm³/mol. The average molecular weight is 286 g/mol. The standard InChI is InChI=1S/C12H18N2O2S2/c1-5-13-11-9(7(3)15)18-12(14-6-2)10(17-11)8(4)16/h15-16H,5-6H2,1-4H3/b9-7-,10-8-,13-11?,14-12?. The molecular weight excluding hydrogens is 268 g/mol. The van der Waals surface area contributed by atoms with Gasteiger partial charge in [0.05, 0.1) is 0 Å². The van der Waals surface area contributed by atoms with E-state index < -0.39 is 0 Å². The lowest BCUT2D eigenvalue weighted by atomic mass is 10.5. The second kappa shape index (κ2) is 6.70. The zero-order chi connectivity index (χ0) is 13.7. The smallest absolute Gasteiger partial charge is 0.132 e. The Hall–Kier alpha value is -1.14. The van der Waals surface area contributed by atoms with Crippen LogP contribution in [0.1, 0.15) is 27.7 Å². The Labute approximate surface area is 114 Å². The van der Waals surface area contributed by atoms with E-state index in [1.807, 2.05) is 13.8 Å². The molecular formula is C12H18N2O2S2. The lowest BCUT2D eigenvalue weighted by Gasteiger charge is -1.96. The highest BCUT2D eigenvalue weighted by Gasteiger charge is 2.00. The third kappa shape index (κ3) is 3.43. The molecule has 0 aliphatic carbocycles. The molecule has 0 amide bonds. The Morgan fingerprint density at radius 1 is 0.889 bits per heavy atom. The van der Waals surface area contributed by atoms with Crippen molar-refractivity contribution < 1.29 is 10.2 Å². The molecule has 1 heterocycles. The van der Waals surface area contributed by atoms with E-state index in [0.29, 0.717) is 13.1 Å². The van der Waals surface area contributed by atoms with E-state index in [-0.39, 0.29) is 11.5 Å². The summed E-state index contributed by atoms with van der Waals surface area (Å²) in [5.74, 6) is 0.469. The number of aliphatic hydroxyl groups excluding tert-OH is 2. The van der Waals surface area contributed by atoms with Gasteiger partial charge in [0.1, 0.15) is 29.9 Å². The van der Waals surface area contributed by atoms with Crippen molar-refractivity contribution in [2.45, 2.75) is 27.7 Å². The molecule has 0 aromatic carbocycles. The molecule has 1 aromatic rings. The van der Waals surface area contributed by atoms with E-state index in [2.05, 4.69) is 9.98 Å². The van der Waals surface area contributed by atoms with E-state index >= 15 is 0 Å². The minimum absolute atomic E-state index is 0.234. The first-order valence-corrected chi connectivity index (χ1v) is 7.39. The molecule has 18 heavy (non-hydrogen) atoms. The summed E-state index contributed by atoms with van der Waals surface area (Å²) >= 11 is 2.72. The van der Waals surface area contributed by atoms with E-state index in [9.17, 15) is 10.2 Å². The molecule has 0 saturated heterocycles. The van der Waals surface area contributed by atoms with Gasteiger partial charge >= 0.3 is 0 Å². The quantitative estimate of drug-likeness (QED) is 0.852. The summed E-state index contributed by atoms with van der Waals surface area (Å²) in [7, 11) is 0. The van der Waals surface area contributed by atoms with Crippen LogP contribution in [-0.2, 0) is 0 Å². The molecule has 0 bridgehead atoms. The van der Waals surface area contributed by atoms with Crippen LogP contribution in [-0.4, -0.2) is 23.3 Å². The Morgan fingerprint density at radius 3 is 1.44 bits per heavy atom. The van der Waals surface area contributed by atoms with E-state index in [4.69, 9.17) is 0 Å². The Balaban J connectivity index is 4.01. The van der Waals surface area contributed by atoms with Gasteiger partial charge in [0.25, 0.3) is 0 Å². The summed E-state index contributed by atoms with van der Waals surface area (Å²) < 4.78 is 2.92. The largest absolute Gasteiger partial charge is 0.511 e. The molecule has 0 radical (unpaired) electrons. The number of aliphatic hydroxyl groups is 2. The van der Waals surface area contributed by atoms with Crippen LogP contribution in [0.15, 0.2) is 9.98 Å². The third-order valence-electron chi connectivity index (χ3n) is 2.05. The van der Waals surface area contributed by atoms with Crippen molar-refractivity contribution in [3.05, 3.63) is 18.4 Å². The van der Waals surface area contributed by atoms with Gasteiger partial charge in [-0.05, 0) is 27.7 Å². The van der Waals surface area contributed by atoms with Crippen LogP contribution in [0.3, 0.4) is 0 Å². The van der Waals surface area contributed by atoms with Crippen molar-refractivity contribution >= 4 is 34.2 Å². The van der Waals surface area contributed by atoms with Crippen LogP contribution in [0, 0.1) is 0 Å². The van der Waals surface area contributed by atoms with Gasteiger partial charge in [0, 0.05) is 13.1 Å². The highest BCUT2D eigenvalue weighted by Crippen LogP contribution is 1.86. The van der Waals surface area contributed by atoms with Crippen LogP contribution in [0.25, 0.3) is 11.5 Å². The lowest BCUT2D eigenvalue weighted by molar-refractivity contribution is 0.498. The second-order valence-electron chi connectivity index (χ2n) is 3.59. The highest BCUT2D eigenvalue weighted by atomic mass is 32.1. The minimum Gasteiger partial charge on any atom is -0.511 e. The van der Waals surface area contributed by atoms with Crippen LogP contribution in [0.5, 0.6) is 0 Å². The molecule has 0 atom stereocenters. The van der Waals surface area contributed by atoms with Crippen molar-refractivity contribution in [3.8, 4) is 0 Å². The Morgan fingerprint density at radius 2 is 1.22 bits per heavy atom. The molecule has 0 aliphatic rings. The maximum atomic E-state index is 9.72. The normalized spacial score (nSPS) is 16.9. The molecule has 0 saturated carbocycles. The fourth-order valence-electron chi connectivity index (χ4n) is 1.33. The molecule has 4 nitrogen and oxygen atoms in total. The first-order valence-electron chi connectivity index (χ1n) is 5.76. The van der Waals surface area contributed by atoms with Crippen molar-refractivity contribution in [1.82, 2.24) is 0 Å². The SMILES string of the molecule is CCN=c1s/c(=C(/C)O)c(=NCC)s/c1=C(/C)O. The third-order valence-corrected chi connectivity index (χ3v) is 4.74. The first-order chi connectivity index (χ1) is 8.51. The van der Waals surface area contributed by atoms with Gasteiger partial charge in [-0.2, -0.15) is 0 Å². The van der Waals surface area contributed by atoms with Crippen LogP contribution >= 0.6 is 22.7 Å². The maximum Gasteiger partial charge on any atom is 0.132 e. The Bertz CT molecular complexity index is 601. The van der Waals surface area contributed by atoms with Crippen LogP contribution < -0.4 is 18.4 Å². The Kier molecular flexibility index (Phi) is 5.55. The van der Waals surface area contributed by atoms with Crippen molar-refractivity contribution in [2.24, 2.45) is 9.98 Å². The molecule has 1 rings (SSSR count). The van der Waals surface area contributed by atoms with Gasteiger partial charge in [0.2, 0.25) is 0 Å². The topological polar surface area (TPSA) is 65.2 Å². The number of rotatable bonds is 2. The van der Waals surface area contributed by atoms with E-state index in [0.717, 1.165) is 18.4 Å².